The zero-order chi connectivity index (χ0) is 11.5. The number of hydrogen-bond acceptors (Lipinski definition) is 2. The number of nitrogens with zero attached hydrogens (tertiary/aromatic N) is 1. The Hall–Kier alpha value is -0.340. The third-order valence-electron chi connectivity index (χ3n) is 3.23. The lowest BCUT2D eigenvalue weighted by Gasteiger charge is -2.39. The van der Waals surface area contributed by atoms with Crippen molar-refractivity contribution in [3.63, 3.8) is 0 Å². The van der Waals surface area contributed by atoms with Gasteiger partial charge in [0.25, 0.3) is 0 Å². The van der Waals surface area contributed by atoms with Crippen LogP contribution in [0.5, 0.6) is 0 Å². The fourth-order valence-corrected chi connectivity index (χ4v) is 2.39. The summed E-state index contributed by atoms with van der Waals surface area (Å²) in [7, 11) is 1.77. The standard InChI is InChI=1S/C13H25NO/c1-11-12(13(2,3)4)7-6-8-14(11)9-10-15-5/h7,11H,6,8-10H2,1-5H3/t11-/m0/s1. The lowest BCUT2D eigenvalue weighted by atomic mass is 9.80. The highest BCUT2D eigenvalue weighted by Gasteiger charge is 2.28. The zero-order valence-corrected chi connectivity index (χ0v) is 10.8. The zero-order valence-electron chi connectivity index (χ0n) is 10.8. The minimum atomic E-state index is 0.297. The third-order valence-corrected chi connectivity index (χ3v) is 3.23. The summed E-state index contributed by atoms with van der Waals surface area (Å²) in [4.78, 5) is 2.52. The molecule has 0 amide bonds. The topological polar surface area (TPSA) is 12.5 Å². The van der Waals surface area contributed by atoms with Gasteiger partial charge in [0.1, 0.15) is 0 Å². The number of methoxy groups -OCH3 is 1. The second-order valence-electron chi connectivity index (χ2n) is 5.40. The maximum Gasteiger partial charge on any atom is 0.0589 e. The first-order valence-electron chi connectivity index (χ1n) is 5.90. The summed E-state index contributed by atoms with van der Waals surface area (Å²) in [5.74, 6) is 0. The van der Waals surface area contributed by atoms with Gasteiger partial charge in [-0.1, -0.05) is 32.4 Å². The average Bonchev–Trinajstić information content (AvgIpc) is 2.14. The highest BCUT2D eigenvalue weighted by Crippen LogP contribution is 2.32. The summed E-state index contributed by atoms with van der Waals surface area (Å²) in [5.41, 5.74) is 1.87. The van der Waals surface area contributed by atoms with E-state index in [1.807, 2.05) is 0 Å². The SMILES string of the molecule is COCCN1CCC=C(C(C)(C)C)[C@@H]1C. The van der Waals surface area contributed by atoms with Crippen molar-refractivity contribution in [2.24, 2.45) is 5.41 Å². The molecule has 0 aromatic heterocycles. The molecule has 1 heterocycles. The fraction of sp³-hybridized carbons (Fsp3) is 0.846. The fourth-order valence-electron chi connectivity index (χ4n) is 2.39. The molecule has 0 aliphatic carbocycles. The molecule has 0 N–H and O–H groups in total. The van der Waals surface area contributed by atoms with Crippen LogP contribution >= 0.6 is 0 Å². The minimum Gasteiger partial charge on any atom is -0.383 e. The second-order valence-corrected chi connectivity index (χ2v) is 5.40. The van der Waals surface area contributed by atoms with E-state index in [4.69, 9.17) is 4.74 Å². The van der Waals surface area contributed by atoms with Gasteiger partial charge in [0.15, 0.2) is 0 Å². The molecule has 1 aliphatic rings. The van der Waals surface area contributed by atoms with Gasteiger partial charge < -0.3 is 4.74 Å². The molecule has 0 bridgehead atoms. The molecule has 2 nitrogen and oxygen atoms in total. The van der Waals surface area contributed by atoms with Gasteiger partial charge in [0.2, 0.25) is 0 Å². The normalized spacial score (nSPS) is 24.1. The van der Waals surface area contributed by atoms with Crippen molar-refractivity contribution in [3.05, 3.63) is 11.6 Å². The summed E-state index contributed by atoms with van der Waals surface area (Å²) in [6, 6.07) is 0.564. The largest absolute Gasteiger partial charge is 0.383 e. The quantitative estimate of drug-likeness (QED) is 0.666. The molecular formula is C13H25NO. The Kier molecular flexibility index (Phi) is 4.35. The molecule has 0 aromatic carbocycles. The summed E-state index contributed by atoms with van der Waals surface area (Å²) in [5, 5.41) is 0. The van der Waals surface area contributed by atoms with Gasteiger partial charge in [0, 0.05) is 26.2 Å². The maximum absolute atomic E-state index is 5.15. The Balaban J connectivity index is 2.65. The highest BCUT2D eigenvalue weighted by atomic mass is 16.5. The maximum atomic E-state index is 5.15. The van der Waals surface area contributed by atoms with E-state index in [1.165, 1.54) is 13.0 Å². The van der Waals surface area contributed by atoms with E-state index < -0.39 is 0 Å². The van der Waals surface area contributed by atoms with Gasteiger partial charge in [-0.25, -0.2) is 0 Å². The molecule has 0 spiro atoms. The predicted octanol–water partition coefficient (Wildman–Crippen LogP) is 2.70. The van der Waals surface area contributed by atoms with Crippen LogP contribution in [0.1, 0.15) is 34.1 Å². The first-order valence-corrected chi connectivity index (χ1v) is 5.90. The van der Waals surface area contributed by atoms with Gasteiger partial charge >= 0.3 is 0 Å². The van der Waals surface area contributed by atoms with Crippen LogP contribution in [0, 0.1) is 5.41 Å². The molecule has 0 radical (unpaired) electrons. The van der Waals surface area contributed by atoms with Gasteiger partial charge in [-0.2, -0.15) is 0 Å². The second kappa shape index (κ2) is 5.13. The van der Waals surface area contributed by atoms with E-state index in [9.17, 15) is 0 Å². The number of rotatable bonds is 3. The van der Waals surface area contributed by atoms with Crippen LogP contribution in [-0.4, -0.2) is 37.7 Å². The Morgan fingerprint density at radius 2 is 2.13 bits per heavy atom. The molecule has 1 atom stereocenters. The van der Waals surface area contributed by atoms with Crippen LogP contribution in [-0.2, 0) is 4.74 Å². The van der Waals surface area contributed by atoms with Crippen LogP contribution in [0.2, 0.25) is 0 Å². The Morgan fingerprint density at radius 1 is 1.47 bits per heavy atom. The first-order chi connectivity index (χ1) is 6.96. The van der Waals surface area contributed by atoms with Gasteiger partial charge in [0.05, 0.1) is 6.61 Å². The Morgan fingerprint density at radius 3 is 2.67 bits per heavy atom. The highest BCUT2D eigenvalue weighted by molar-refractivity contribution is 5.20. The minimum absolute atomic E-state index is 0.297. The molecule has 15 heavy (non-hydrogen) atoms. The summed E-state index contributed by atoms with van der Waals surface area (Å²) in [6.45, 7) is 12.3. The van der Waals surface area contributed by atoms with Crippen molar-refractivity contribution in [2.45, 2.75) is 40.2 Å². The van der Waals surface area contributed by atoms with E-state index >= 15 is 0 Å². The van der Waals surface area contributed by atoms with Gasteiger partial charge in [-0.3, -0.25) is 4.90 Å². The third kappa shape index (κ3) is 3.32. The van der Waals surface area contributed by atoms with Crippen LogP contribution in [0.25, 0.3) is 0 Å². The van der Waals surface area contributed by atoms with Crippen molar-refractivity contribution in [1.82, 2.24) is 4.90 Å². The van der Waals surface area contributed by atoms with Crippen LogP contribution < -0.4 is 0 Å². The van der Waals surface area contributed by atoms with Crippen molar-refractivity contribution < 1.29 is 4.74 Å². The molecule has 88 valence electrons. The lowest BCUT2D eigenvalue weighted by molar-refractivity contribution is 0.124. The van der Waals surface area contributed by atoms with Crippen molar-refractivity contribution in [3.8, 4) is 0 Å². The first kappa shape index (κ1) is 12.7. The molecule has 0 fully saturated rings. The molecule has 0 saturated carbocycles. The lowest BCUT2D eigenvalue weighted by Crippen LogP contribution is -2.42. The van der Waals surface area contributed by atoms with Gasteiger partial charge in [-0.15, -0.1) is 0 Å². The molecule has 1 rings (SSSR count). The van der Waals surface area contributed by atoms with E-state index in [0.717, 1.165) is 13.2 Å². The van der Waals surface area contributed by atoms with Crippen molar-refractivity contribution in [2.75, 3.05) is 26.8 Å². The summed E-state index contributed by atoms with van der Waals surface area (Å²) >= 11 is 0. The Bertz CT molecular complexity index is 227. The molecule has 0 saturated heterocycles. The smallest absolute Gasteiger partial charge is 0.0589 e. The van der Waals surface area contributed by atoms with E-state index in [0.29, 0.717) is 11.5 Å². The molecule has 0 unspecified atom stereocenters. The monoisotopic (exact) mass is 211 g/mol. The van der Waals surface area contributed by atoms with Crippen LogP contribution in [0.3, 0.4) is 0 Å². The van der Waals surface area contributed by atoms with E-state index in [2.05, 4.69) is 38.7 Å². The van der Waals surface area contributed by atoms with Gasteiger partial charge in [-0.05, 0) is 18.8 Å². The van der Waals surface area contributed by atoms with Crippen LogP contribution in [0.4, 0.5) is 0 Å². The number of hydrogen-bond donors (Lipinski definition) is 0. The van der Waals surface area contributed by atoms with Crippen molar-refractivity contribution in [1.29, 1.82) is 0 Å². The number of ether oxygens (including phenoxy) is 1. The van der Waals surface area contributed by atoms with Crippen molar-refractivity contribution >= 4 is 0 Å². The van der Waals surface area contributed by atoms with E-state index in [-0.39, 0.29) is 0 Å². The summed E-state index contributed by atoms with van der Waals surface area (Å²) < 4.78 is 5.15. The predicted molar refractivity (Wildman–Crippen MR) is 65.1 cm³/mol. The molecular weight excluding hydrogens is 186 g/mol. The molecule has 1 aliphatic heterocycles. The average molecular weight is 211 g/mol. The van der Waals surface area contributed by atoms with Crippen LogP contribution in [0.15, 0.2) is 11.6 Å². The Labute approximate surface area is 94.3 Å². The molecule has 0 aromatic rings. The summed E-state index contributed by atoms with van der Waals surface area (Å²) in [6.07, 6.45) is 3.61. The van der Waals surface area contributed by atoms with E-state index in [1.54, 1.807) is 12.7 Å². The molecule has 2 heteroatoms.